The van der Waals surface area contributed by atoms with Gasteiger partial charge in [0.05, 0.1) is 12.3 Å². The smallest absolute Gasteiger partial charge is 0.123 e. The average Bonchev–Trinajstić information content (AvgIpc) is 2.46. The van der Waals surface area contributed by atoms with Crippen LogP contribution in [0.25, 0.3) is 0 Å². The molecule has 21 heavy (non-hydrogen) atoms. The SMILES string of the molecule is Cc1cc(F)ccc1/N=C/c1cccc(C(C)(C)CO)c1. The molecule has 0 atom stereocenters. The van der Waals surface area contributed by atoms with Gasteiger partial charge in [-0.2, -0.15) is 0 Å². The van der Waals surface area contributed by atoms with Gasteiger partial charge < -0.3 is 5.11 Å². The highest BCUT2D eigenvalue weighted by molar-refractivity contribution is 5.82. The lowest BCUT2D eigenvalue weighted by molar-refractivity contribution is 0.218. The van der Waals surface area contributed by atoms with Crippen LogP contribution >= 0.6 is 0 Å². The number of aryl methyl sites for hydroxylation is 1. The molecular formula is C18H20FNO. The average molecular weight is 285 g/mol. The van der Waals surface area contributed by atoms with Gasteiger partial charge in [0.2, 0.25) is 0 Å². The van der Waals surface area contributed by atoms with Crippen molar-refractivity contribution in [2.75, 3.05) is 6.61 Å². The number of halogens is 1. The quantitative estimate of drug-likeness (QED) is 0.841. The van der Waals surface area contributed by atoms with Crippen LogP contribution in [-0.4, -0.2) is 17.9 Å². The molecule has 2 aromatic carbocycles. The van der Waals surface area contributed by atoms with Gasteiger partial charge in [-0.1, -0.05) is 32.0 Å². The van der Waals surface area contributed by atoms with Gasteiger partial charge in [-0.05, 0) is 47.9 Å². The van der Waals surface area contributed by atoms with E-state index in [1.165, 1.54) is 12.1 Å². The van der Waals surface area contributed by atoms with E-state index in [-0.39, 0.29) is 17.8 Å². The van der Waals surface area contributed by atoms with Crippen molar-refractivity contribution in [3.63, 3.8) is 0 Å². The van der Waals surface area contributed by atoms with E-state index in [9.17, 15) is 9.50 Å². The molecule has 2 rings (SSSR count). The van der Waals surface area contributed by atoms with E-state index in [4.69, 9.17) is 0 Å². The lowest BCUT2D eigenvalue weighted by atomic mass is 9.85. The first-order valence-corrected chi connectivity index (χ1v) is 6.94. The number of aliphatic imine (C=N–C) groups is 1. The fourth-order valence-electron chi connectivity index (χ4n) is 2.04. The van der Waals surface area contributed by atoms with Crippen molar-refractivity contribution in [2.45, 2.75) is 26.2 Å². The van der Waals surface area contributed by atoms with Gasteiger partial charge in [0.15, 0.2) is 0 Å². The summed E-state index contributed by atoms with van der Waals surface area (Å²) >= 11 is 0. The van der Waals surface area contributed by atoms with E-state index < -0.39 is 0 Å². The van der Waals surface area contributed by atoms with Crippen molar-refractivity contribution in [3.05, 3.63) is 65.0 Å². The zero-order valence-electron chi connectivity index (χ0n) is 12.6. The summed E-state index contributed by atoms with van der Waals surface area (Å²) in [5, 5.41) is 9.44. The first kappa shape index (κ1) is 15.4. The zero-order chi connectivity index (χ0) is 15.5. The van der Waals surface area contributed by atoms with Crippen molar-refractivity contribution in [1.29, 1.82) is 0 Å². The Labute approximate surface area is 125 Å². The monoisotopic (exact) mass is 285 g/mol. The second-order valence-electron chi connectivity index (χ2n) is 5.86. The van der Waals surface area contributed by atoms with Crippen LogP contribution < -0.4 is 0 Å². The Hall–Kier alpha value is -2.00. The molecule has 0 aliphatic heterocycles. The van der Waals surface area contributed by atoms with E-state index in [0.717, 1.165) is 22.4 Å². The second kappa shape index (κ2) is 6.19. The third-order valence-corrected chi connectivity index (χ3v) is 3.57. The molecule has 0 unspecified atom stereocenters. The maximum Gasteiger partial charge on any atom is 0.123 e. The van der Waals surface area contributed by atoms with Gasteiger partial charge in [0.1, 0.15) is 5.82 Å². The van der Waals surface area contributed by atoms with E-state index in [1.807, 2.05) is 45.0 Å². The van der Waals surface area contributed by atoms with Crippen molar-refractivity contribution in [3.8, 4) is 0 Å². The van der Waals surface area contributed by atoms with E-state index in [2.05, 4.69) is 4.99 Å². The number of aliphatic hydroxyl groups excluding tert-OH is 1. The lowest BCUT2D eigenvalue weighted by Crippen LogP contribution is -2.22. The minimum absolute atomic E-state index is 0.0880. The first-order chi connectivity index (χ1) is 9.92. The molecule has 3 heteroatoms. The van der Waals surface area contributed by atoms with Crippen LogP contribution in [0.4, 0.5) is 10.1 Å². The highest BCUT2D eigenvalue weighted by Gasteiger charge is 2.19. The molecule has 0 bridgehead atoms. The molecule has 0 saturated carbocycles. The number of aliphatic hydroxyl groups is 1. The number of benzene rings is 2. The molecule has 2 nitrogen and oxygen atoms in total. The Morgan fingerprint density at radius 3 is 2.62 bits per heavy atom. The Kier molecular flexibility index (Phi) is 4.53. The molecule has 0 aromatic heterocycles. The summed E-state index contributed by atoms with van der Waals surface area (Å²) in [5.41, 5.74) is 3.29. The van der Waals surface area contributed by atoms with Crippen LogP contribution in [0.1, 0.15) is 30.5 Å². The van der Waals surface area contributed by atoms with Gasteiger partial charge in [-0.15, -0.1) is 0 Å². The molecule has 0 fully saturated rings. The number of hydrogen-bond donors (Lipinski definition) is 1. The first-order valence-electron chi connectivity index (χ1n) is 6.94. The standard InChI is InChI=1S/C18H20FNO/c1-13-9-16(19)7-8-17(13)20-11-14-5-4-6-15(10-14)18(2,3)12-21/h4-11,21H,12H2,1-3H3/b20-11+. The Morgan fingerprint density at radius 1 is 1.19 bits per heavy atom. The normalized spacial score (nSPS) is 12.0. The Bertz CT molecular complexity index is 662. The molecule has 0 saturated heterocycles. The van der Waals surface area contributed by atoms with Crippen molar-refractivity contribution in [2.24, 2.45) is 4.99 Å². The summed E-state index contributed by atoms with van der Waals surface area (Å²) in [7, 11) is 0. The number of nitrogens with zero attached hydrogens (tertiary/aromatic N) is 1. The second-order valence-corrected chi connectivity index (χ2v) is 5.86. The highest BCUT2D eigenvalue weighted by Crippen LogP contribution is 2.23. The van der Waals surface area contributed by atoms with Gasteiger partial charge in [0.25, 0.3) is 0 Å². The van der Waals surface area contributed by atoms with Crippen molar-refractivity contribution < 1.29 is 9.50 Å². The van der Waals surface area contributed by atoms with Gasteiger partial charge in [-0.3, -0.25) is 4.99 Å². The predicted octanol–water partition coefficient (Wildman–Crippen LogP) is 4.15. The Morgan fingerprint density at radius 2 is 1.95 bits per heavy atom. The van der Waals surface area contributed by atoms with Crippen LogP contribution in [0.2, 0.25) is 0 Å². The van der Waals surface area contributed by atoms with Gasteiger partial charge in [0, 0.05) is 11.6 Å². The molecule has 2 aromatic rings. The Balaban J connectivity index is 2.27. The maximum atomic E-state index is 13.1. The minimum atomic E-state index is -0.282. The molecule has 0 aliphatic rings. The third kappa shape index (κ3) is 3.76. The summed E-state index contributed by atoms with van der Waals surface area (Å²) in [6.45, 7) is 5.91. The highest BCUT2D eigenvalue weighted by atomic mass is 19.1. The summed E-state index contributed by atoms with van der Waals surface area (Å²) < 4.78 is 13.1. The van der Waals surface area contributed by atoms with E-state index >= 15 is 0 Å². The number of rotatable bonds is 4. The number of hydrogen-bond acceptors (Lipinski definition) is 2. The zero-order valence-corrected chi connectivity index (χ0v) is 12.6. The van der Waals surface area contributed by atoms with Crippen LogP contribution in [0.5, 0.6) is 0 Å². The van der Waals surface area contributed by atoms with E-state index in [0.29, 0.717) is 0 Å². The summed E-state index contributed by atoms with van der Waals surface area (Å²) in [4.78, 5) is 4.41. The molecule has 0 spiro atoms. The van der Waals surface area contributed by atoms with Gasteiger partial charge >= 0.3 is 0 Å². The summed E-state index contributed by atoms with van der Waals surface area (Å²) in [5.74, 6) is -0.252. The van der Waals surface area contributed by atoms with Crippen molar-refractivity contribution >= 4 is 11.9 Å². The van der Waals surface area contributed by atoms with Crippen LogP contribution in [0.3, 0.4) is 0 Å². The topological polar surface area (TPSA) is 32.6 Å². The molecule has 1 N–H and O–H groups in total. The largest absolute Gasteiger partial charge is 0.395 e. The van der Waals surface area contributed by atoms with Crippen LogP contribution in [0, 0.1) is 12.7 Å². The minimum Gasteiger partial charge on any atom is -0.395 e. The maximum absolute atomic E-state index is 13.1. The lowest BCUT2D eigenvalue weighted by Gasteiger charge is -2.22. The molecule has 0 radical (unpaired) electrons. The molecule has 0 amide bonds. The van der Waals surface area contributed by atoms with Crippen molar-refractivity contribution in [1.82, 2.24) is 0 Å². The molecule has 0 heterocycles. The van der Waals surface area contributed by atoms with Crippen LogP contribution in [0.15, 0.2) is 47.5 Å². The van der Waals surface area contributed by atoms with Gasteiger partial charge in [-0.25, -0.2) is 4.39 Å². The molecule has 110 valence electrons. The fourth-order valence-corrected chi connectivity index (χ4v) is 2.04. The fraction of sp³-hybridized carbons (Fsp3) is 0.278. The summed E-state index contributed by atoms with van der Waals surface area (Å²) in [6.07, 6.45) is 1.76. The molecular weight excluding hydrogens is 265 g/mol. The van der Waals surface area contributed by atoms with E-state index in [1.54, 1.807) is 12.3 Å². The van der Waals surface area contributed by atoms with Crippen LogP contribution in [-0.2, 0) is 5.41 Å². The third-order valence-electron chi connectivity index (χ3n) is 3.57. The predicted molar refractivity (Wildman–Crippen MR) is 84.9 cm³/mol. The molecule has 0 aliphatic carbocycles. The summed E-state index contributed by atoms with van der Waals surface area (Å²) in [6, 6.07) is 12.5.